The summed E-state index contributed by atoms with van der Waals surface area (Å²) in [5.74, 6) is 0.366. The van der Waals surface area contributed by atoms with E-state index in [4.69, 9.17) is 18.9 Å². The molecule has 1 aromatic heterocycles. The summed E-state index contributed by atoms with van der Waals surface area (Å²) in [5, 5.41) is 12.3. The van der Waals surface area contributed by atoms with Crippen molar-refractivity contribution in [2.45, 2.75) is 43.2 Å². The van der Waals surface area contributed by atoms with Gasteiger partial charge >= 0.3 is 5.97 Å². The third-order valence-corrected chi connectivity index (χ3v) is 7.97. The fraction of sp³-hybridized carbons (Fsp3) is 0.355. The second-order valence-corrected chi connectivity index (χ2v) is 10.7. The molecule has 0 fully saturated rings. The molecule has 0 saturated heterocycles. The molecule has 45 heavy (non-hydrogen) atoms. The van der Waals surface area contributed by atoms with Gasteiger partial charge in [0.05, 0.1) is 44.6 Å². The number of carbonyl (C=O) groups excluding carboxylic acids is 2. The molecule has 1 aliphatic carbocycles. The molecule has 238 valence electrons. The summed E-state index contributed by atoms with van der Waals surface area (Å²) in [5.41, 5.74) is 3.28. The Balaban J connectivity index is 1.62. The highest BCUT2D eigenvalue weighted by Gasteiger charge is 2.29. The Bertz CT molecular complexity index is 1650. The molecule has 0 radical (unpaired) electrons. The Morgan fingerprint density at radius 2 is 1.84 bits per heavy atom. The van der Waals surface area contributed by atoms with Crippen LogP contribution in [-0.4, -0.2) is 56.1 Å². The molecule has 0 unspecified atom stereocenters. The van der Waals surface area contributed by atoms with Gasteiger partial charge in [0, 0.05) is 12.0 Å². The highest BCUT2D eigenvalue weighted by molar-refractivity contribution is 7.98. The minimum atomic E-state index is -0.926. The van der Waals surface area contributed by atoms with Gasteiger partial charge in [-0.2, -0.15) is 0 Å². The Hall–Kier alpha value is -4.85. The number of ether oxygens (including phenoxy) is 4. The first-order valence-corrected chi connectivity index (χ1v) is 15.2. The summed E-state index contributed by atoms with van der Waals surface area (Å²) in [6.45, 7) is -0.405. The van der Waals surface area contributed by atoms with Crippen molar-refractivity contribution in [3.63, 3.8) is 0 Å². The Morgan fingerprint density at radius 1 is 1.07 bits per heavy atom. The second kappa shape index (κ2) is 15.2. The first-order chi connectivity index (χ1) is 21.7. The molecule has 13 nitrogen and oxygen atoms in total. The van der Waals surface area contributed by atoms with Crippen LogP contribution < -0.4 is 25.0 Å². The number of amides is 1. The molecule has 1 heterocycles. The number of hydrogen-bond acceptors (Lipinski definition) is 12. The molecule has 0 spiro atoms. The number of thioether (sulfide) groups is 1. The molecule has 4 rings (SSSR count). The summed E-state index contributed by atoms with van der Waals surface area (Å²) < 4.78 is 22.2. The molecule has 0 saturated carbocycles. The molecular formula is C31H33N3O10S. The predicted octanol–water partition coefficient (Wildman–Crippen LogP) is 4.31. The fourth-order valence-corrected chi connectivity index (χ4v) is 5.59. The van der Waals surface area contributed by atoms with Gasteiger partial charge in [-0.25, -0.2) is 4.98 Å². The van der Waals surface area contributed by atoms with Crippen molar-refractivity contribution in [1.29, 1.82) is 0 Å². The third kappa shape index (κ3) is 7.81. The van der Waals surface area contributed by atoms with E-state index in [-0.39, 0.29) is 37.2 Å². The lowest BCUT2D eigenvalue weighted by atomic mass is 9.96. The molecule has 3 aromatic rings. The maximum Gasteiger partial charge on any atom is 0.306 e. The van der Waals surface area contributed by atoms with Crippen LogP contribution in [0.15, 0.2) is 52.2 Å². The van der Waals surface area contributed by atoms with Crippen molar-refractivity contribution in [2.75, 3.05) is 34.2 Å². The van der Waals surface area contributed by atoms with Gasteiger partial charge in [0.1, 0.15) is 12.3 Å². The summed E-state index contributed by atoms with van der Waals surface area (Å²) in [7, 11) is 4.62. The minimum Gasteiger partial charge on any atom is -0.493 e. The topological polar surface area (TPSA) is 165 Å². The van der Waals surface area contributed by atoms with Gasteiger partial charge in [-0.1, -0.05) is 12.1 Å². The van der Waals surface area contributed by atoms with Crippen LogP contribution in [0.4, 0.5) is 0 Å². The van der Waals surface area contributed by atoms with Crippen LogP contribution in [0.3, 0.4) is 0 Å². The highest BCUT2D eigenvalue weighted by atomic mass is 32.2. The lowest BCUT2D eigenvalue weighted by molar-refractivity contribution is -0.757. The van der Waals surface area contributed by atoms with Gasteiger partial charge in [-0.15, -0.1) is 21.9 Å². The van der Waals surface area contributed by atoms with Crippen molar-refractivity contribution in [3.05, 3.63) is 85.3 Å². The second-order valence-electron chi connectivity index (χ2n) is 9.85. The molecule has 1 atom stereocenters. The van der Waals surface area contributed by atoms with Gasteiger partial charge in [0.2, 0.25) is 5.75 Å². The summed E-state index contributed by atoms with van der Waals surface area (Å²) in [4.78, 5) is 58.0. The van der Waals surface area contributed by atoms with Crippen LogP contribution in [0.5, 0.6) is 17.2 Å². The first-order valence-electron chi connectivity index (χ1n) is 13.9. The summed E-state index contributed by atoms with van der Waals surface area (Å²) in [6.07, 6.45) is 2.80. The lowest BCUT2D eigenvalue weighted by Crippen LogP contribution is -2.30. The van der Waals surface area contributed by atoms with Crippen LogP contribution >= 0.6 is 11.8 Å². The molecule has 2 aromatic carbocycles. The van der Waals surface area contributed by atoms with Crippen molar-refractivity contribution < 1.29 is 38.5 Å². The number of methoxy groups -OCH3 is 3. The van der Waals surface area contributed by atoms with E-state index < -0.39 is 23.0 Å². The van der Waals surface area contributed by atoms with Gasteiger partial charge in [0.25, 0.3) is 11.0 Å². The van der Waals surface area contributed by atoms with Gasteiger partial charge in [-0.3, -0.25) is 14.4 Å². The molecule has 1 aliphatic rings. The van der Waals surface area contributed by atoms with E-state index >= 15 is 0 Å². The predicted molar refractivity (Wildman–Crippen MR) is 164 cm³/mol. The maximum absolute atomic E-state index is 13.5. The number of esters is 1. The van der Waals surface area contributed by atoms with Crippen LogP contribution in [0.1, 0.15) is 52.6 Å². The zero-order valence-corrected chi connectivity index (χ0v) is 26.1. The van der Waals surface area contributed by atoms with E-state index in [2.05, 4.69) is 15.1 Å². The third-order valence-electron chi connectivity index (χ3n) is 7.19. The number of rotatable bonds is 13. The van der Waals surface area contributed by atoms with Crippen molar-refractivity contribution in [2.24, 2.45) is 0 Å². The summed E-state index contributed by atoms with van der Waals surface area (Å²) in [6, 6.07) is 11.3. The number of benzene rings is 1. The van der Waals surface area contributed by atoms with Crippen LogP contribution in [-0.2, 0) is 27.4 Å². The van der Waals surface area contributed by atoms with Crippen LogP contribution in [0.25, 0.3) is 11.1 Å². The van der Waals surface area contributed by atoms with Gasteiger partial charge in [-0.05, 0) is 72.5 Å². The number of aromatic nitrogens is 1. The zero-order valence-electron chi connectivity index (χ0n) is 25.2. The molecule has 14 heteroatoms. The van der Waals surface area contributed by atoms with E-state index in [0.717, 1.165) is 16.7 Å². The number of nitrogens with one attached hydrogen (secondary N) is 1. The number of nitrogens with zero attached hydrogens (tertiary/aromatic N) is 2. The molecular weight excluding hydrogens is 606 g/mol. The molecule has 0 aliphatic heterocycles. The number of fused-ring (bicyclic) bond motifs is 3. The normalized spacial score (nSPS) is 13.4. The van der Waals surface area contributed by atoms with E-state index in [1.165, 1.54) is 32.0 Å². The van der Waals surface area contributed by atoms with Gasteiger partial charge in [0.15, 0.2) is 16.9 Å². The Labute approximate surface area is 263 Å². The van der Waals surface area contributed by atoms with Crippen molar-refractivity contribution in [1.82, 2.24) is 10.3 Å². The average Bonchev–Trinajstić information content (AvgIpc) is 3.29. The van der Waals surface area contributed by atoms with E-state index in [1.807, 2.05) is 18.4 Å². The SMILES string of the molecule is COc1cc2c(c(OC)c1OC)CC[C@H](NC(=O)c1cccc(COC(=O)CCCO[N+](=O)[O-])n1)c1cc(=O)c(SC)ccc1-2. The highest BCUT2D eigenvalue weighted by Crippen LogP contribution is 2.49. The molecule has 1 amide bonds. The average molecular weight is 640 g/mol. The van der Waals surface area contributed by atoms with E-state index in [9.17, 15) is 24.5 Å². The smallest absolute Gasteiger partial charge is 0.306 e. The number of hydrogen-bond donors (Lipinski definition) is 1. The lowest BCUT2D eigenvalue weighted by Gasteiger charge is -2.19. The van der Waals surface area contributed by atoms with Gasteiger partial charge < -0.3 is 29.1 Å². The van der Waals surface area contributed by atoms with E-state index in [0.29, 0.717) is 46.2 Å². The standard InChI is InChI=1S/C31H33N3O10S/c1-40-26-16-21-19-11-13-27(45-4)25(35)15-22(19)23(12-10-20(21)29(41-2)30(26)42-3)33-31(37)24-8-5-7-18(32-24)17-43-28(36)9-6-14-44-34(38)39/h5,7-8,11,13,15-16,23H,6,9-10,12,14,17H2,1-4H3,(H,33,37)/t23-/m0/s1. The van der Waals surface area contributed by atoms with Crippen LogP contribution in [0, 0.1) is 10.1 Å². The first kappa shape index (κ1) is 33.1. The van der Waals surface area contributed by atoms with E-state index in [1.54, 1.807) is 31.4 Å². The Morgan fingerprint density at radius 3 is 2.53 bits per heavy atom. The zero-order chi connectivity index (χ0) is 32.5. The maximum atomic E-state index is 13.5. The number of carbonyl (C=O) groups is 2. The van der Waals surface area contributed by atoms with Crippen molar-refractivity contribution >= 4 is 23.6 Å². The molecule has 1 N–H and O–H groups in total. The summed E-state index contributed by atoms with van der Waals surface area (Å²) >= 11 is 1.33. The number of pyridine rings is 1. The minimum absolute atomic E-state index is 0.0720. The fourth-order valence-electron chi connectivity index (χ4n) is 5.13. The van der Waals surface area contributed by atoms with Crippen molar-refractivity contribution in [3.8, 4) is 28.4 Å². The largest absolute Gasteiger partial charge is 0.493 e. The quantitative estimate of drug-likeness (QED) is 0.0928. The molecule has 0 bridgehead atoms. The Kier molecular flexibility index (Phi) is 11.2. The van der Waals surface area contributed by atoms with Crippen LogP contribution in [0.2, 0.25) is 0 Å². The monoisotopic (exact) mass is 639 g/mol.